The van der Waals surface area contributed by atoms with Crippen LogP contribution in [-0.2, 0) is 11.3 Å². The summed E-state index contributed by atoms with van der Waals surface area (Å²) in [6.07, 6.45) is 3.68. The van der Waals surface area contributed by atoms with Crippen LogP contribution in [-0.4, -0.2) is 23.3 Å². The third kappa shape index (κ3) is 3.32. The van der Waals surface area contributed by atoms with Crippen LogP contribution < -0.4 is 11.3 Å². The zero-order valence-corrected chi connectivity index (χ0v) is 10.9. The van der Waals surface area contributed by atoms with Gasteiger partial charge in [0, 0.05) is 25.1 Å². The van der Waals surface area contributed by atoms with E-state index in [0.29, 0.717) is 18.5 Å². The molecule has 2 amide bonds. The summed E-state index contributed by atoms with van der Waals surface area (Å²) in [6, 6.07) is 7.24. The molecular formula is C14H19N3O2. The molecule has 0 aromatic heterocycles. The second-order valence-corrected chi connectivity index (χ2v) is 4.76. The first-order valence-corrected chi connectivity index (χ1v) is 6.59. The van der Waals surface area contributed by atoms with E-state index in [2.05, 4.69) is 5.43 Å². The van der Waals surface area contributed by atoms with Crippen LogP contribution in [0.1, 0.15) is 41.6 Å². The Bertz CT molecular complexity index is 474. The molecule has 19 heavy (non-hydrogen) atoms. The Kier molecular flexibility index (Phi) is 4.52. The normalized spacial score (nSPS) is 16.1. The number of hydrogen-bond acceptors (Lipinski definition) is 3. The van der Waals surface area contributed by atoms with Crippen LogP contribution in [0.5, 0.6) is 0 Å². The number of nitrogens with two attached hydrogens (primary N) is 1. The summed E-state index contributed by atoms with van der Waals surface area (Å²) >= 11 is 0. The Morgan fingerprint density at radius 3 is 2.84 bits per heavy atom. The second-order valence-electron chi connectivity index (χ2n) is 4.76. The molecule has 1 aliphatic heterocycles. The van der Waals surface area contributed by atoms with E-state index in [1.54, 1.807) is 12.1 Å². The molecule has 0 saturated carbocycles. The number of likely N-dealkylation sites (tertiary alicyclic amines) is 1. The molecule has 0 atom stereocenters. The number of rotatable bonds is 3. The fraction of sp³-hybridized carbons (Fsp3) is 0.429. The van der Waals surface area contributed by atoms with E-state index in [-0.39, 0.29) is 11.8 Å². The largest absolute Gasteiger partial charge is 0.338 e. The molecule has 0 spiro atoms. The summed E-state index contributed by atoms with van der Waals surface area (Å²) in [7, 11) is 0. The maximum Gasteiger partial charge on any atom is 0.265 e. The van der Waals surface area contributed by atoms with Crippen LogP contribution in [0.4, 0.5) is 0 Å². The van der Waals surface area contributed by atoms with E-state index in [1.165, 1.54) is 0 Å². The van der Waals surface area contributed by atoms with Gasteiger partial charge >= 0.3 is 0 Å². The molecule has 0 radical (unpaired) electrons. The SMILES string of the molecule is NNC(=O)c1ccccc1CN1CCCCCC1=O. The molecule has 2 rings (SSSR count). The van der Waals surface area contributed by atoms with Gasteiger partial charge in [-0.2, -0.15) is 0 Å². The van der Waals surface area contributed by atoms with Crippen molar-refractivity contribution < 1.29 is 9.59 Å². The molecule has 1 aliphatic rings. The third-order valence-corrected chi connectivity index (χ3v) is 3.43. The molecule has 102 valence electrons. The molecule has 1 heterocycles. The van der Waals surface area contributed by atoms with Crippen molar-refractivity contribution in [3.8, 4) is 0 Å². The van der Waals surface area contributed by atoms with Crippen molar-refractivity contribution in [1.82, 2.24) is 10.3 Å². The summed E-state index contributed by atoms with van der Waals surface area (Å²) in [5.41, 5.74) is 3.50. The van der Waals surface area contributed by atoms with E-state index >= 15 is 0 Å². The highest BCUT2D eigenvalue weighted by molar-refractivity contribution is 5.95. The summed E-state index contributed by atoms with van der Waals surface area (Å²) in [5.74, 6) is 5.02. The van der Waals surface area contributed by atoms with Crippen molar-refractivity contribution in [2.75, 3.05) is 6.54 Å². The van der Waals surface area contributed by atoms with Gasteiger partial charge in [0.15, 0.2) is 0 Å². The summed E-state index contributed by atoms with van der Waals surface area (Å²) in [5, 5.41) is 0. The van der Waals surface area contributed by atoms with Gasteiger partial charge in [0.1, 0.15) is 0 Å². The predicted octanol–water partition coefficient (Wildman–Crippen LogP) is 1.19. The van der Waals surface area contributed by atoms with E-state index in [4.69, 9.17) is 5.84 Å². The number of hydrazine groups is 1. The van der Waals surface area contributed by atoms with Gasteiger partial charge in [-0.05, 0) is 24.5 Å². The first kappa shape index (κ1) is 13.5. The fourth-order valence-electron chi connectivity index (χ4n) is 2.37. The number of hydrogen-bond donors (Lipinski definition) is 2. The maximum absolute atomic E-state index is 12.0. The minimum absolute atomic E-state index is 0.167. The van der Waals surface area contributed by atoms with E-state index in [1.807, 2.05) is 17.0 Å². The monoisotopic (exact) mass is 261 g/mol. The smallest absolute Gasteiger partial charge is 0.265 e. The van der Waals surface area contributed by atoms with Gasteiger partial charge in [-0.15, -0.1) is 0 Å². The highest BCUT2D eigenvalue weighted by Gasteiger charge is 2.19. The van der Waals surface area contributed by atoms with Crippen molar-refractivity contribution in [3.05, 3.63) is 35.4 Å². The average Bonchev–Trinajstić information content (AvgIpc) is 2.64. The van der Waals surface area contributed by atoms with Crippen LogP contribution in [0.15, 0.2) is 24.3 Å². The lowest BCUT2D eigenvalue weighted by molar-refractivity contribution is -0.131. The van der Waals surface area contributed by atoms with Crippen molar-refractivity contribution in [2.24, 2.45) is 5.84 Å². The number of benzene rings is 1. The highest BCUT2D eigenvalue weighted by Crippen LogP contribution is 2.17. The van der Waals surface area contributed by atoms with Crippen molar-refractivity contribution >= 4 is 11.8 Å². The van der Waals surface area contributed by atoms with E-state index in [0.717, 1.165) is 31.4 Å². The first-order valence-electron chi connectivity index (χ1n) is 6.59. The molecule has 1 saturated heterocycles. The standard InChI is InChI=1S/C14H19N3O2/c15-16-14(19)12-7-4-3-6-11(12)10-17-9-5-1-2-8-13(17)18/h3-4,6-7H,1-2,5,8-10,15H2,(H,16,19). The van der Waals surface area contributed by atoms with Gasteiger partial charge in [-0.1, -0.05) is 24.6 Å². The molecule has 1 aromatic rings. The van der Waals surface area contributed by atoms with Crippen LogP contribution in [0.25, 0.3) is 0 Å². The first-order chi connectivity index (χ1) is 9.22. The van der Waals surface area contributed by atoms with Crippen LogP contribution >= 0.6 is 0 Å². The molecular weight excluding hydrogens is 242 g/mol. The Balaban J connectivity index is 2.18. The van der Waals surface area contributed by atoms with Gasteiger partial charge in [-0.3, -0.25) is 15.0 Å². The molecule has 5 nitrogen and oxygen atoms in total. The van der Waals surface area contributed by atoms with Gasteiger partial charge in [0.2, 0.25) is 5.91 Å². The van der Waals surface area contributed by atoms with Crippen LogP contribution in [0.2, 0.25) is 0 Å². The molecule has 0 aliphatic carbocycles. The molecule has 1 aromatic carbocycles. The minimum atomic E-state index is -0.321. The maximum atomic E-state index is 12.0. The fourth-order valence-corrected chi connectivity index (χ4v) is 2.37. The number of amides is 2. The number of carbonyl (C=O) groups excluding carboxylic acids is 2. The lowest BCUT2D eigenvalue weighted by Gasteiger charge is -2.21. The van der Waals surface area contributed by atoms with E-state index in [9.17, 15) is 9.59 Å². The van der Waals surface area contributed by atoms with Gasteiger partial charge in [0.25, 0.3) is 5.91 Å². The Hall–Kier alpha value is -1.88. The number of nitrogens with zero attached hydrogens (tertiary/aromatic N) is 1. The molecule has 1 fully saturated rings. The molecule has 0 unspecified atom stereocenters. The molecule has 0 bridgehead atoms. The van der Waals surface area contributed by atoms with Crippen LogP contribution in [0, 0.1) is 0 Å². The third-order valence-electron chi connectivity index (χ3n) is 3.43. The number of carbonyl (C=O) groups is 2. The lowest BCUT2D eigenvalue weighted by Crippen LogP contribution is -2.33. The molecule has 3 N–H and O–H groups in total. The average molecular weight is 261 g/mol. The minimum Gasteiger partial charge on any atom is -0.338 e. The topological polar surface area (TPSA) is 75.4 Å². The van der Waals surface area contributed by atoms with Crippen molar-refractivity contribution in [3.63, 3.8) is 0 Å². The van der Waals surface area contributed by atoms with Crippen LogP contribution in [0.3, 0.4) is 0 Å². The number of nitrogen functional groups attached to an aromatic ring is 1. The Morgan fingerprint density at radius 2 is 2.05 bits per heavy atom. The van der Waals surface area contributed by atoms with Gasteiger partial charge < -0.3 is 4.90 Å². The predicted molar refractivity (Wildman–Crippen MR) is 72.0 cm³/mol. The lowest BCUT2D eigenvalue weighted by atomic mass is 10.1. The highest BCUT2D eigenvalue weighted by atomic mass is 16.2. The van der Waals surface area contributed by atoms with Crippen molar-refractivity contribution in [1.29, 1.82) is 0 Å². The van der Waals surface area contributed by atoms with Crippen molar-refractivity contribution in [2.45, 2.75) is 32.2 Å². The number of nitrogens with one attached hydrogen (secondary N) is 1. The quantitative estimate of drug-likeness (QED) is 0.487. The van der Waals surface area contributed by atoms with Gasteiger partial charge in [-0.25, -0.2) is 5.84 Å². The zero-order chi connectivity index (χ0) is 13.7. The summed E-state index contributed by atoms with van der Waals surface area (Å²) < 4.78 is 0. The summed E-state index contributed by atoms with van der Waals surface area (Å²) in [6.45, 7) is 1.24. The zero-order valence-electron chi connectivity index (χ0n) is 10.9. The van der Waals surface area contributed by atoms with Gasteiger partial charge in [0.05, 0.1) is 0 Å². The summed E-state index contributed by atoms with van der Waals surface area (Å²) in [4.78, 5) is 25.5. The Labute approximate surface area is 112 Å². The molecule has 5 heteroatoms. The second kappa shape index (κ2) is 6.33. The Morgan fingerprint density at radius 1 is 1.26 bits per heavy atom. The van der Waals surface area contributed by atoms with E-state index < -0.39 is 0 Å².